The van der Waals surface area contributed by atoms with E-state index < -0.39 is 32.3 Å². The Morgan fingerprint density at radius 2 is 1.22 bits per heavy atom. The lowest BCUT2D eigenvalue weighted by molar-refractivity contribution is -0.118. The number of phenols is 1. The van der Waals surface area contributed by atoms with Crippen molar-refractivity contribution in [3.05, 3.63) is 35.9 Å². The Balaban J connectivity index is 0.000000370. The first-order chi connectivity index (χ1) is 17.6. The molecule has 0 saturated heterocycles. The maximum atomic E-state index is 11.2. The summed E-state index contributed by atoms with van der Waals surface area (Å²) in [5, 5.41) is 18.7. The number of carbonyl (C=O) groups is 2. The van der Waals surface area contributed by atoms with Gasteiger partial charge in [0.15, 0.2) is 0 Å². The van der Waals surface area contributed by atoms with E-state index in [0.717, 1.165) is 12.5 Å². The van der Waals surface area contributed by atoms with Crippen molar-refractivity contribution in [2.75, 3.05) is 0 Å². The summed E-state index contributed by atoms with van der Waals surface area (Å²) in [6, 6.07) is 6.49. The molecule has 0 fully saturated rings. The number of hydrogen-bond donors (Lipinski definition) is 4. The van der Waals surface area contributed by atoms with Crippen molar-refractivity contribution in [1.29, 1.82) is 0 Å². The molecule has 0 saturated carbocycles. The van der Waals surface area contributed by atoms with Crippen LogP contribution in [0.2, 0.25) is 0 Å². The van der Waals surface area contributed by atoms with Gasteiger partial charge in [-0.15, -0.1) is 0 Å². The summed E-state index contributed by atoms with van der Waals surface area (Å²) in [6.45, 7) is 2.27. The van der Waals surface area contributed by atoms with E-state index in [4.69, 9.17) is 15.4 Å². The second-order valence-corrected chi connectivity index (χ2v) is 10.8. The second-order valence-electron chi connectivity index (χ2n) is 9.41. The number of fused-ring (bicyclic) bond motifs is 1. The van der Waals surface area contributed by atoms with Crippen LogP contribution in [0.3, 0.4) is 0 Å². The fourth-order valence-electron chi connectivity index (χ4n) is 4.20. The molecule has 2 rings (SSSR count). The SMILES string of the molecule is CCCCCCCCCCCCCCCCC(N)=O.O=C(O)c1cc(S(=O)(=O)O)c2ccccc2c1O. The molecule has 0 heterocycles. The molecule has 0 radical (unpaired) electrons. The average molecular weight is 538 g/mol. The minimum absolute atomic E-state index is 0.0463. The minimum Gasteiger partial charge on any atom is -0.506 e. The van der Waals surface area contributed by atoms with Gasteiger partial charge in [-0.1, -0.05) is 115 Å². The van der Waals surface area contributed by atoms with Crippen LogP contribution in [0.1, 0.15) is 114 Å². The monoisotopic (exact) mass is 537 g/mol. The highest BCUT2D eigenvalue weighted by Crippen LogP contribution is 2.33. The molecule has 8 nitrogen and oxygen atoms in total. The fraction of sp³-hybridized carbons (Fsp3) is 0.571. The maximum Gasteiger partial charge on any atom is 0.339 e. The summed E-state index contributed by atoms with van der Waals surface area (Å²) in [7, 11) is -4.58. The molecule has 0 aliphatic carbocycles. The van der Waals surface area contributed by atoms with Gasteiger partial charge in [-0.2, -0.15) is 8.42 Å². The second kappa shape index (κ2) is 17.7. The summed E-state index contributed by atoms with van der Waals surface area (Å²) in [5.74, 6) is -2.17. The van der Waals surface area contributed by atoms with Crippen molar-refractivity contribution < 1.29 is 32.8 Å². The van der Waals surface area contributed by atoms with Crippen molar-refractivity contribution in [2.24, 2.45) is 5.73 Å². The lowest BCUT2D eigenvalue weighted by Crippen LogP contribution is -2.09. The van der Waals surface area contributed by atoms with E-state index in [0.29, 0.717) is 6.42 Å². The number of primary amides is 1. The van der Waals surface area contributed by atoms with Gasteiger partial charge >= 0.3 is 5.97 Å². The third kappa shape index (κ3) is 12.9. The molecule has 2 aromatic rings. The topological polar surface area (TPSA) is 155 Å². The van der Waals surface area contributed by atoms with E-state index in [1.54, 1.807) is 0 Å². The van der Waals surface area contributed by atoms with Crippen LogP contribution in [0.5, 0.6) is 5.75 Å². The Morgan fingerprint density at radius 3 is 1.62 bits per heavy atom. The lowest BCUT2D eigenvalue weighted by atomic mass is 10.0. The predicted octanol–water partition coefficient (Wildman–Crippen LogP) is 6.83. The molecular weight excluding hydrogens is 494 g/mol. The summed E-state index contributed by atoms with van der Waals surface area (Å²) in [5.41, 5.74) is 4.52. The molecule has 0 aromatic heterocycles. The zero-order chi connectivity index (χ0) is 27.7. The molecule has 9 heteroatoms. The highest BCUT2D eigenvalue weighted by molar-refractivity contribution is 7.86. The molecule has 1 amide bonds. The summed E-state index contributed by atoms with van der Waals surface area (Å²) in [4.78, 5) is 20.9. The first-order valence-electron chi connectivity index (χ1n) is 13.3. The lowest BCUT2D eigenvalue weighted by Gasteiger charge is -2.08. The van der Waals surface area contributed by atoms with E-state index in [1.165, 1.54) is 108 Å². The summed E-state index contributed by atoms with van der Waals surface area (Å²) < 4.78 is 31.5. The summed E-state index contributed by atoms with van der Waals surface area (Å²) in [6.07, 6.45) is 19.4. The van der Waals surface area contributed by atoms with Gasteiger partial charge < -0.3 is 15.9 Å². The van der Waals surface area contributed by atoms with Crippen LogP contribution in [-0.4, -0.2) is 35.1 Å². The molecular formula is C28H43NO7S. The van der Waals surface area contributed by atoms with Gasteiger partial charge in [-0.05, 0) is 12.5 Å². The van der Waals surface area contributed by atoms with Crippen molar-refractivity contribution in [1.82, 2.24) is 0 Å². The van der Waals surface area contributed by atoms with Crippen LogP contribution < -0.4 is 5.73 Å². The molecule has 0 bridgehead atoms. The van der Waals surface area contributed by atoms with Gasteiger partial charge in [0, 0.05) is 17.2 Å². The number of unbranched alkanes of at least 4 members (excludes halogenated alkanes) is 13. The number of benzene rings is 2. The Morgan fingerprint density at radius 1 is 0.784 bits per heavy atom. The Hall–Kier alpha value is -2.65. The van der Waals surface area contributed by atoms with Gasteiger partial charge in [0.25, 0.3) is 10.1 Å². The highest BCUT2D eigenvalue weighted by atomic mass is 32.2. The van der Waals surface area contributed by atoms with Crippen LogP contribution in [0.25, 0.3) is 10.8 Å². The van der Waals surface area contributed by atoms with Crippen LogP contribution >= 0.6 is 0 Å². The molecule has 37 heavy (non-hydrogen) atoms. The first kappa shape index (κ1) is 32.4. The van der Waals surface area contributed by atoms with Crippen LogP contribution in [0.15, 0.2) is 35.2 Å². The molecule has 0 aliphatic heterocycles. The zero-order valence-corrected chi connectivity index (χ0v) is 22.8. The number of carbonyl (C=O) groups excluding carboxylic acids is 1. The molecule has 0 aliphatic rings. The number of amides is 1. The van der Waals surface area contributed by atoms with Gasteiger partial charge in [0.05, 0.1) is 0 Å². The Labute approximate surface area is 221 Å². The number of carboxylic acid groups (broad SMARTS) is 1. The zero-order valence-electron chi connectivity index (χ0n) is 22.0. The van der Waals surface area contributed by atoms with Crippen molar-refractivity contribution in [3.8, 4) is 5.75 Å². The maximum absolute atomic E-state index is 11.2. The largest absolute Gasteiger partial charge is 0.506 e. The quantitative estimate of drug-likeness (QED) is 0.127. The van der Waals surface area contributed by atoms with Crippen molar-refractivity contribution in [3.63, 3.8) is 0 Å². The van der Waals surface area contributed by atoms with Crippen LogP contribution in [0, 0.1) is 0 Å². The number of hydrogen-bond acceptors (Lipinski definition) is 5. The Bertz CT molecular complexity index is 1080. The summed E-state index contributed by atoms with van der Waals surface area (Å²) >= 11 is 0. The number of rotatable bonds is 17. The molecule has 0 atom stereocenters. The number of nitrogens with two attached hydrogens (primary N) is 1. The van der Waals surface area contributed by atoms with Crippen LogP contribution in [0.4, 0.5) is 0 Å². The van der Waals surface area contributed by atoms with E-state index in [9.17, 15) is 23.1 Å². The standard InChI is InChI=1S/C17H35NO.C11H8O6S/c1-2-3-4-5-6-7-8-9-10-11-12-13-14-15-16-17(18)19;12-10-7-4-2-1-3-6(7)9(18(15,16)17)5-8(10)11(13)14/h2-16H2,1H3,(H2,18,19);1-5,12H,(H,13,14)(H,15,16,17). The van der Waals surface area contributed by atoms with E-state index in [1.807, 2.05) is 0 Å². The van der Waals surface area contributed by atoms with E-state index >= 15 is 0 Å². The third-order valence-electron chi connectivity index (χ3n) is 6.26. The molecule has 0 spiro atoms. The van der Waals surface area contributed by atoms with Gasteiger partial charge in [0.2, 0.25) is 5.91 Å². The van der Waals surface area contributed by atoms with Gasteiger partial charge in [-0.25, -0.2) is 4.79 Å². The Kier molecular flexibility index (Phi) is 15.5. The van der Waals surface area contributed by atoms with E-state index in [2.05, 4.69) is 6.92 Å². The van der Waals surface area contributed by atoms with Crippen molar-refractivity contribution in [2.45, 2.75) is 108 Å². The first-order valence-corrected chi connectivity index (χ1v) is 14.8. The normalized spacial score (nSPS) is 11.2. The number of aromatic carboxylic acids is 1. The number of carboxylic acids is 1. The fourth-order valence-corrected chi connectivity index (χ4v) is 4.92. The highest BCUT2D eigenvalue weighted by Gasteiger charge is 2.22. The van der Waals surface area contributed by atoms with E-state index in [-0.39, 0.29) is 16.7 Å². The number of aromatic hydroxyl groups is 1. The van der Waals surface area contributed by atoms with Crippen molar-refractivity contribution >= 4 is 32.8 Å². The van der Waals surface area contributed by atoms with Gasteiger partial charge in [-0.3, -0.25) is 9.35 Å². The average Bonchev–Trinajstić information content (AvgIpc) is 2.84. The predicted molar refractivity (Wildman–Crippen MR) is 147 cm³/mol. The minimum atomic E-state index is -4.58. The van der Waals surface area contributed by atoms with Gasteiger partial charge in [0.1, 0.15) is 16.2 Å². The third-order valence-corrected chi connectivity index (χ3v) is 7.16. The molecule has 0 unspecified atom stereocenters. The van der Waals surface area contributed by atoms with Crippen LogP contribution in [-0.2, 0) is 14.9 Å². The molecule has 208 valence electrons. The molecule has 5 N–H and O–H groups in total. The molecule has 2 aromatic carbocycles. The smallest absolute Gasteiger partial charge is 0.339 e.